The summed E-state index contributed by atoms with van der Waals surface area (Å²) in [6, 6.07) is 4.84. The number of hydrogen-bond donors (Lipinski definition) is 1. The van der Waals surface area contributed by atoms with E-state index in [1.165, 1.54) is 0 Å². The van der Waals surface area contributed by atoms with Crippen LogP contribution in [0.25, 0.3) is 0 Å². The summed E-state index contributed by atoms with van der Waals surface area (Å²) < 4.78 is 3.26. The summed E-state index contributed by atoms with van der Waals surface area (Å²) in [5.41, 5.74) is 1.61. The minimum Gasteiger partial charge on any atom is -0.460 e. The molecule has 0 aliphatic carbocycles. The lowest BCUT2D eigenvalue weighted by Crippen LogP contribution is -2.31. The van der Waals surface area contributed by atoms with Gasteiger partial charge in [0, 0.05) is 0 Å². The van der Waals surface area contributed by atoms with Gasteiger partial charge in [0.1, 0.15) is 12.6 Å². The summed E-state index contributed by atoms with van der Waals surface area (Å²) in [5, 5.41) is 3.51. The average molecular weight is 345 g/mol. The molecule has 0 fully saturated rings. The third-order valence-electron chi connectivity index (χ3n) is 2.31. The topological polar surface area (TPSA) is 38.3 Å². The number of hydrogen-bond acceptors (Lipinski definition) is 3. The third kappa shape index (κ3) is 5.65. The summed E-state index contributed by atoms with van der Waals surface area (Å²) in [5.74, 6) is -0.523. The van der Waals surface area contributed by atoms with Crippen LogP contribution in [-0.2, 0) is 9.53 Å². The molecule has 1 N–H and O–H groups in total. The van der Waals surface area contributed by atoms with E-state index in [-0.39, 0.29) is 6.61 Å². The lowest BCUT2D eigenvalue weighted by atomic mass is 10.2. The molecule has 1 aromatic carbocycles. The van der Waals surface area contributed by atoms with Crippen LogP contribution in [0.5, 0.6) is 0 Å². The Balaban J connectivity index is 2.64. The zero-order valence-corrected chi connectivity index (χ0v) is 13.4. The van der Waals surface area contributed by atoms with Crippen LogP contribution in [0.4, 0.5) is 5.69 Å². The fraction of sp³-hybridized carbons (Fsp3) is 0.417. The van der Waals surface area contributed by atoms with Crippen molar-refractivity contribution in [2.75, 3.05) is 11.9 Å². The fourth-order valence-electron chi connectivity index (χ4n) is 1.37. The molecule has 0 saturated heterocycles. The molecule has 1 rings (SSSR count). The maximum atomic E-state index is 11.7. The number of para-hydroxylation sites is 1. The van der Waals surface area contributed by atoms with Crippen LogP contribution in [0, 0.1) is 6.92 Å². The van der Waals surface area contributed by atoms with Crippen molar-refractivity contribution in [1.29, 1.82) is 0 Å². The molecular formula is C12H13Cl4NO2. The number of alkyl halides is 3. The van der Waals surface area contributed by atoms with Crippen LogP contribution in [0.2, 0.25) is 5.02 Å². The van der Waals surface area contributed by atoms with Crippen molar-refractivity contribution < 1.29 is 9.53 Å². The summed E-state index contributed by atoms with van der Waals surface area (Å²) >= 11 is 22.6. The first-order valence-corrected chi connectivity index (χ1v) is 6.97. The van der Waals surface area contributed by atoms with E-state index in [1.807, 2.05) is 19.1 Å². The summed E-state index contributed by atoms with van der Waals surface area (Å²) in [4.78, 5) is 11.7. The summed E-state index contributed by atoms with van der Waals surface area (Å²) in [7, 11) is 0. The average Bonchev–Trinajstić information content (AvgIpc) is 2.29. The highest BCUT2D eigenvalue weighted by atomic mass is 35.6. The number of carbonyl (C=O) groups excluding carboxylic acids is 1. The molecule has 0 amide bonds. The van der Waals surface area contributed by atoms with Gasteiger partial charge in [-0.05, 0) is 25.5 Å². The largest absolute Gasteiger partial charge is 0.460 e. The van der Waals surface area contributed by atoms with E-state index >= 15 is 0 Å². The normalized spacial score (nSPS) is 12.9. The number of anilines is 1. The smallest absolute Gasteiger partial charge is 0.328 e. The molecule has 0 unspecified atom stereocenters. The van der Waals surface area contributed by atoms with Gasteiger partial charge in [0.05, 0.1) is 10.7 Å². The molecule has 106 valence electrons. The zero-order valence-electron chi connectivity index (χ0n) is 10.3. The van der Waals surface area contributed by atoms with Crippen molar-refractivity contribution in [2.45, 2.75) is 23.7 Å². The molecule has 19 heavy (non-hydrogen) atoms. The van der Waals surface area contributed by atoms with Gasteiger partial charge in [-0.25, -0.2) is 4.79 Å². The van der Waals surface area contributed by atoms with Crippen LogP contribution in [0.3, 0.4) is 0 Å². The number of ether oxygens (including phenoxy) is 1. The maximum absolute atomic E-state index is 11.7. The van der Waals surface area contributed by atoms with Gasteiger partial charge >= 0.3 is 5.97 Å². The van der Waals surface area contributed by atoms with Gasteiger partial charge in [0.2, 0.25) is 3.79 Å². The van der Waals surface area contributed by atoms with E-state index in [0.29, 0.717) is 10.7 Å². The van der Waals surface area contributed by atoms with E-state index in [2.05, 4.69) is 5.32 Å². The van der Waals surface area contributed by atoms with Crippen LogP contribution in [-0.4, -0.2) is 22.4 Å². The summed E-state index contributed by atoms with van der Waals surface area (Å²) in [6.07, 6.45) is 0. The highest BCUT2D eigenvalue weighted by Gasteiger charge is 2.24. The van der Waals surface area contributed by atoms with Crippen LogP contribution < -0.4 is 5.32 Å². The second-order valence-corrected chi connectivity index (χ2v) is 6.94. The Morgan fingerprint density at radius 3 is 2.58 bits per heavy atom. The number of nitrogens with one attached hydrogen (secondary N) is 1. The van der Waals surface area contributed by atoms with Crippen LogP contribution in [0.15, 0.2) is 18.2 Å². The Kier molecular flexibility index (Phi) is 6.06. The molecule has 7 heteroatoms. The Labute approximate surface area is 132 Å². The number of carbonyl (C=O) groups is 1. The van der Waals surface area contributed by atoms with Crippen molar-refractivity contribution in [3.05, 3.63) is 28.8 Å². The first-order valence-electron chi connectivity index (χ1n) is 5.46. The number of rotatable bonds is 4. The van der Waals surface area contributed by atoms with E-state index < -0.39 is 15.8 Å². The van der Waals surface area contributed by atoms with Gasteiger partial charge in [-0.15, -0.1) is 0 Å². The van der Waals surface area contributed by atoms with Gasteiger partial charge in [-0.2, -0.15) is 0 Å². The molecular weight excluding hydrogens is 332 g/mol. The van der Waals surface area contributed by atoms with E-state index in [0.717, 1.165) is 5.56 Å². The first kappa shape index (κ1) is 16.7. The van der Waals surface area contributed by atoms with Gasteiger partial charge in [0.25, 0.3) is 0 Å². The summed E-state index contributed by atoms with van der Waals surface area (Å²) in [6.45, 7) is 3.22. The molecule has 0 aromatic heterocycles. The molecule has 0 saturated carbocycles. The monoisotopic (exact) mass is 343 g/mol. The maximum Gasteiger partial charge on any atom is 0.328 e. The molecule has 0 aliphatic heterocycles. The van der Waals surface area contributed by atoms with E-state index in [4.69, 9.17) is 51.1 Å². The molecule has 0 bridgehead atoms. The predicted molar refractivity (Wildman–Crippen MR) is 80.5 cm³/mol. The molecule has 1 aromatic rings. The van der Waals surface area contributed by atoms with Gasteiger partial charge in [0.15, 0.2) is 0 Å². The van der Waals surface area contributed by atoms with Crippen LogP contribution >= 0.6 is 46.4 Å². The fourth-order valence-corrected chi connectivity index (χ4v) is 1.81. The molecule has 1 atom stereocenters. The number of aryl methyl sites for hydroxylation is 1. The van der Waals surface area contributed by atoms with E-state index in [9.17, 15) is 4.79 Å². The van der Waals surface area contributed by atoms with Gasteiger partial charge in [-0.3, -0.25) is 0 Å². The van der Waals surface area contributed by atoms with Gasteiger partial charge in [-0.1, -0.05) is 58.5 Å². The Hall–Kier alpha value is -0.350. The number of benzene rings is 1. The predicted octanol–water partition coefficient (Wildman–Crippen LogP) is 4.36. The molecule has 0 radical (unpaired) electrons. The molecule has 0 spiro atoms. The Morgan fingerprint density at radius 2 is 2.05 bits per heavy atom. The highest BCUT2D eigenvalue weighted by molar-refractivity contribution is 6.67. The molecule has 3 nitrogen and oxygen atoms in total. The standard InChI is InChI=1S/C12H13Cl4NO2/c1-7-4-3-5-9(13)10(7)17-8(2)11(18)19-6-12(14,15)16/h3-5,8,17H,6H2,1-2H3/t8-/m0/s1. The number of esters is 1. The van der Waals surface area contributed by atoms with Crippen molar-refractivity contribution >= 4 is 58.1 Å². The lowest BCUT2D eigenvalue weighted by molar-refractivity contribution is -0.144. The van der Waals surface area contributed by atoms with Crippen molar-refractivity contribution in [1.82, 2.24) is 0 Å². The highest BCUT2D eigenvalue weighted by Crippen LogP contribution is 2.27. The quantitative estimate of drug-likeness (QED) is 0.651. The Bertz CT molecular complexity index is 439. The van der Waals surface area contributed by atoms with Crippen molar-refractivity contribution in [2.24, 2.45) is 0 Å². The SMILES string of the molecule is Cc1cccc(Cl)c1N[C@@H](C)C(=O)OCC(Cl)(Cl)Cl. The second kappa shape index (κ2) is 6.89. The van der Waals surface area contributed by atoms with Crippen molar-refractivity contribution in [3.8, 4) is 0 Å². The Morgan fingerprint density at radius 1 is 1.42 bits per heavy atom. The van der Waals surface area contributed by atoms with E-state index in [1.54, 1.807) is 13.0 Å². The third-order valence-corrected chi connectivity index (χ3v) is 2.96. The molecule has 0 aliphatic rings. The number of halogens is 4. The molecule has 0 heterocycles. The first-order chi connectivity index (χ1) is 8.70. The lowest BCUT2D eigenvalue weighted by Gasteiger charge is -2.18. The minimum absolute atomic E-state index is 0.302. The van der Waals surface area contributed by atoms with Crippen LogP contribution in [0.1, 0.15) is 12.5 Å². The zero-order chi connectivity index (χ0) is 14.6. The second-order valence-electron chi connectivity index (χ2n) is 4.02. The van der Waals surface area contributed by atoms with Gasteiger partial charge < -0.3 is 10.1 Å². The van der Waals surface area contributed by atoms with Crippen molar-refractivity contribution in [3.63, 3.8) is 0 Å². The minimum atomic E-state index is -1.62.